The molecule has 1 aromatic rings. The Labute approximate surface area is 139 Å². The largest absolute Gasteiger partial charge is 0.381 e. The van der Waals surface area contributed by atoms with Crippen molar-refractivity contribution in [1.29, 1.82) is 0 Å². The minimum absolute atomic E-state index is 0. The summed E-state index contributed by atoms with van der Waals surface area (Å²) in [6.45, 7) is 4.55. The fourth-order valence-electron chi connectivity index (χ4n) is 2.95. The van der Waals surface area contributed by atoms with Crippen molar-refractivity contribution >= 4 is 22.4 Å². The Hall–Kier alpha value is -0.660. The lowest BCUT2D eigenvalue weighted by Crippen LogP contribution is -2.51. The van der Waals surface area contributed by atoms with E-state index >= 15 is 0 Å². The summed E-state index contributed by atoms with van der Waals surface area (Å²) >= 11 is 0. The fraction of sp³-hybridized carbons (Fsp3) is 0.600. The van der Waals surface area contributed by atoms with Gasteiger partial charge in [-0.1, -0.05) is 17.7 Å². The SMILES string of the molecule is COC1CCN(S(=O)(=O)c2ccc(C)cc2C)C(CN)C1.Cl. The molecule has 7 heteroatoms. The van der Waals surface area contributed by atoms with Gasteiger partial charge in [0.15, 0.2) is 0 Å². The number of sulfonamides is 1. The summed E-state index contributed by atoms with van der Waals surface area (Å²) in [5.41, 5.74) is 7.62. The van der Waals surface area contributed by atoms with Gasteiger partial charge in [-0.05, 0) is 38.3 Å². The number of rotatable bonds is 4. The van der Waals surface area contributed by atoms with E-state index in [1.54, 1.807) is 17.5 Å². The summed E-state index contributed by atoms with van der Waals surface area (Å²) in [5.74, 6) is 0. The second kappa shape index (κ2) is 7.75. The van der Waals surface area contributed by atoms with Crippen molar-refractivity contribution in [3.63, 3.8) is 0 Å². The van der Waals surface area contributed by atoms with Gasteiger partial charge in [0.2, 0.25) is 10.0 Å². The van der Waals surface area contributed by atoms with Crippen molar-refractivity contribution in [3.05, 3.63) is 29.3 Å². The Morgan fingerprint density at radius 2 is 2.05 bits per heavy atom. The van der Waals surface area contributed by atoms with Gasteiger partial charge >= 0.3 is 0 Å². The molecular weight excluding hydrogens is 324 g/mol. The van der Waals surface area contributed by atoms with Crippen LogP contribution in [0.5, 0.6) is 0 Å². The monoisotopic (exact) mass is 348 g/mol. The molecule has 1 saturated heterocycles. The lowest BCUT2D eigenvalue weighted by Gasteiger charge is -2.37. The highest BCUT2D eigenvalue weighted by Gasteiger charge is 2.36. The van der Waals surface area contributed by atoms with Crippen LogP contribution in [0, 0.1) is 13.8 Å². The molecule has 1 aliphatic rings. The molecular formula is C15H25ClN2O3S. The number of halogens is 1. The van der Waals surface area contributed by atoms with Crippen LogP contribution < -0.4 is 5.73 Å². The van der Waals surface area contributed by atoms with Crippen LogP contribution in [-0.2, 0) is 14.8 Å². The molecule has 2 unspecified atom stereocenters. The van der Waals surface area contributed by atoms with E-state index < -0.39 is 10.0 Å². The number of benzene rings is 1. The maximum absolute atomic E-state index is 12.9. The van der Waals surface area contributed by atoms with Gasteiger partial charge < -0.3 is 10.5 Å². The van der Waals surface area contributed by atoms with Crippen molar-refractivity contribution in [2.24, 2.45) is 5.73 Å². The van der Waals surface area contributed by atoms with Crippen LogP contribution >= 0.6 is 12.4 Å². The maximum atomic E-state index is 12.9. The Kier molecular flexibility index (Phi) is 6.83. The zero-order valence-electron chi connectivity index (χ0n) is 13.3. The second-order valence-electron chi connectivity index (χ2n) is 5.66. The van der Waals surface area contributed by atoms with Crippen LogP contribution in [0.4, 0.5) is 0 Å². The highest BCUT2D eigenvalue weighted by Crippen LogP contribution is 2.28. The number of nitrogens with two attached hydrogens (primary N) is 1. The van der Waals surface area contributed by atoms with Crippen LogP contribution in [0.25, 0.3) is 0 Å². The highest BCUT2D eigenvalue weighted by molar-refractivity contribution is 7.89. The molecule has 0 spiro atoms. The van der Waals surface area contributed by atoms with E-state index in [9.17, 15) is 8.42 Å². The van der Waals surface area contributed by atoms with Gasteiger partial charge in [-0.15, -0.1) is 12.4 Å². The number of hydrogen-bond acceptors (Lipinski definition) is 4. The lowest BCUT2D eigenvalue weighted by molar-refractivity contribution is 0.0401. The van der Waals surface area contributed by atoms with Gasteiger partial charge in [0.1, 0.15) is 0 Å². The number of aryl methyl sites for hydroxylation is 2. The molecule has 0 aromatic heterocycles. The van der Waals surface area contributed by atoms with Crippen molar-refractivity contribution in [3.8, 4) is 0 Å². The number of methoxy groups -OCH3 is 1. The van der Waals surface area contributed by atoms with Crippen LogP contribution in [0.2, 0.25) is 0 Å². The first kappa shape index (κ1) is 19.4. The Balaban J connectivity index is 0.00000242. The molecule has 1 heterocycles. The molecule has 0 bridgehead atoms. The van der Waals surface area contributed by atoms with E-state index in [1.807, 2.05) is 26.0 Å². The first-order valence-electron chi connectivity index (χ1n) is 7.22. The smallest absolute Gasteiger partial charge is 0.243 e. The third kappa shape index (κ3) is 3.81. The minimum Gasteiger partial charge on any atom is -0.381 e. The zero-order valence-corrected chi connectivity index (χ0v) is 14.9. The molecule has 5 nitrogen and oxygen atoms in total. The molecule has 1 aromatic carbocycles. The van der Waals surface area contributed by atoms with Gasteiger partial charge in [0.05, 0.1) is 11.0 Å². The molecule has 22 heavy (non-hydrogen) atoms. The highest BCUT2D eigenvalue weighted by atomic mass is 35.5. The van der Waals surface area contributed by atoms with Gasteiger partial charge in [0.25, 0.3) is 0 Å². The Bertz CT molecular complexity index is 607. The molecule has 0 saturated carbocycles. The van der Waals surface area contributed by atoms with Gasteiger partial charge in [-0.3, -0.25) is 0 Å². The van der Waals surface area contributed by atoms with E-state index in [1.165, 1.54) is 0 Å². The molecule has 2 atom stereocenters. The van der Waals surface area contributed by atoms with E-state index in [2.05, 4.69) is 0 Å². The van der Waals surface area contributed by atoms with Crippen molar-refractivity contribution < 1.29 is 13.2 Å². The number of hydrogen-bond donors (Lipinski definition) is 1. The second-order valence-corrected chi connectivity index (χ2v) is 7.52. The van der Waals surface area contributed by atoms with E-state index in [0.29, 0.717) is 30.8 Å². The van der Waals surface area contributed by atoms with Crippen molar-refractivity contribution in [2.75, 3.05) is 20.2 Å². The third-order valence-corrected chi connectivity index (χ3v) is 6.25. The van der Waals surface area contributed by atoms with Gasteiger partial charge in [0, 0.05) is 26.2 Å². The molecule has 2 rings (SSSR count). The van der Waals surface area contributed by atoms with E-state index in [0.717, 1.165) is 11.1 Å². The standard InChI is InChI=1S/C15H24N2O3S.ClH/c1-11-4-5-15(12(2)8-11)21(18,19)17-7-6-14(20-3)9-13(17)10-16;/h4-5,8,13-14H,6-7,9-10,16H2,1-3H3;1H. The summed E-state index contributed by atoms with van der Waals surface area (Å²) in [5, 5.41) is 0. The molecule has 126 valence electrons. The molecule has 1 fully saturated rings. The molecule has 2 N–H and O–H groups in total. The van der Waals surface area contributed by atoms with Crippen molar-refractivity contribution in [2.45, 2.75) is 43.7 Å². The third-order valence-electron chi connectivity index (χ3n) is 4.14. The molecule has 0 radical (unpaired) electrons. The van der Waals surface area contributed by atoms with Gasteiger partial charge in [-0.25, -0.2) is 8.42 Å². The molecule has 0 amide bonds. The van der Waals surface area contributed by atoms with E-state index in [4.69, 9.17) is 10.5 Å². The summed E-state index contributed by atoms with van der Waals surface area (Å²) in [4.78, 5) is 0.377. The Morgan fingerprint density at radius 3 is 2.59 bits per heavy atom. The molecule has 0 aliphatic carbocycles. The number of piperidine rings is 1. The van der Waals surface area contributed by atoms with Gasteiger partial charge in [-0.2, -0.15) is 4.31 Å². The van der Waals surface area contributed by atoms with E-state index in [-0.39, 0.29) is 24.6 Å². The number of nitrogens with zero attached hydrogens (tertiary/aromatic N) is 1. The minimum atomic E-state index is -3.50. The predicted molar refractivity (Wildman–Crippen MR) is 89.9 cm³/mol. The normalized spacial score (nSPS) is 23.1. The summed E-state index contributed by atoms with van der Waals surface area (Å²) < 4.78 is 32.7. The maximum Gasteiger partial charge on any atom is 0.243 e. The average molecular weight is 349 g/mol. The predicted octanol–water partition coefficient (Wildman–Crippen LogP) is 1.85. The zero-order chi connectivity index (χ0) is 15.6. The van der Waals surface area contributed by atoms with Crippen LogP contribution in [0.15, 0.2) is 23.1 Å². The fourth-order valence-corrected chi connectivity index (χ4v) is 4.82. The number of ether oxygens (including phenoxy) is 1. The lowest BCUT2D eigenvalue weighted by atomic mass is 10.0. The van der Waals surface area contributed by atoms with Crippen molar-refractivity contribution in [1.82, 2.24) is 4.31 Å². The molecule has 1 aliphatic heterocycles. The Morgan fingerprint density at radius 1 is 1.36 bits per heavy atom. The first-order chi connectivity index (χ1) is 9.90. The van der Waals surface area contributed by atoms with Crippen LogP contribution in [0.1, 0.15) is 24.0 Å². The summed E-state index contributed by atoms with van der Waals surface area (Å²) in [6.07, 6.45) is 1.44. The average Bonchev–Trinajstić information content (AvgIpc) is 2.46. The summed E-state index contributed by atoms with van der Waals surface area (Å²) in [7, 11) is -1.85. The quantitative estimate of drug-likeness (QED) is 0.901. The topological polar surface area (TPSA) is 72.6 Å². The summed E-state index contributed by atoms with van der Waals surface area (Å²) in [6, 6.07) is 5.22. The van der Waals surface area contributed by atoms with Crippen LogP contribution in [0.3, 0.4) is 0 Å². The van der Waals surface area contributed by atoms with Crippen LogP contribution in [-0.4, -0.2) is 45.1 Å². The first-order valence-corrected chi connectivity index (χ1v) is 8.66.